The molecule has 0 amide bonds. The number of benzene rings is 1. The van der Waals surface area contributed by atoms with Crippen molar-refractivity contribution in [3.63, 3.8) is 0 Å². The molecule has 1 aromatic heterocycles. The zero-order valence-electron chi connectivity index (χ0n) is 16.0. The van der Waals surface area contributed by atoms with Gasteiger partial charge in [-0.15, -0.1) is 0 Å². The summed E-state index contributed by atoms with van der Waals surface area (Å²) in [4.78, 5) is 2.93. The fourth-order valence-corrected chi connectivity index (χ4v) is 6.28. The van der Waals surface area contributed by atoms with Crippen LogP contribution in [0.25, 0.3) is 5.69 Å². The van der Waals surface area contributed by atoms with E-state index in [1.807, 2.05) is 12.3 Å². The van der Waals surface area contributed by atoms with Crippen LogP contribution in [0.4, 0.5) is 0 Å². The van der Waals surface area contributed by atoms with Crippen molar-refractivity contribution in [3.8, 4) is 5.69 Å². The molecule has 0 atom stereocenters. The maximum absolute atomic E-state index is 12.6. The summed E-state index contributed by atoms with van der Waals surface area (Å²) in [5.41, 5.74) is 0.845. The van der Waals surface area contributed by atoms with Crippen LogP contribution in [0.15, 0.2) is 47.6 Å². The van der Waals surface area contributed by atoms with Crippen LogP contribution in [-0.2, 0) is 10.0 Å². The van der Waals surface area contributed by atoms with Gasteiger partial charge >= 0.3 is 0 Å². The van der Waals surface area contributed by atoms with Gasteiger partial charge in [0, 0.05) is 25.0 Å². The van der Waals surface area contributed by atoms with Crippen molar-refractivity contribution in [2.24, 2.45) is 5.92 Å². The number of nitrogens with zero attached hydrogens (tertiary/aromatic N) is 3. The first-order valence-corrected chi connectivity index (χ1v) is 12.7. The second kappa shape index (κ2) is 8.98. The van der Waals surface area contributed by atoms with Crippen LogP contribution in [0.1, 0.15) is 25.7 Å². The molecule has 0 radical (unpaired) electrons. The summed E-state index contributed by atoms with van der Waals surface area (Å²) in [7, 11) is -3.48. The van der Waals surface area contributed by atoms with E-state index in [1.54, 1.807) is 35.1 Å². The highest BCUT2D eigenvalue weighted by Crippen LogP contribution is 2.26. The lowest BCUT2D eigenvalue weighted by molar-refractivity contribution is 0.127. The molecule has 0 aliphatic carbocycles. The standard InChI is InChI=1S/C20H28N4O2S2/c25-28(26,20-4-2-19(3-5-20)24-11-1-10-21-24)22-16-17-6-12-23(13-7-17)18-8-14-27-15-9-18/h1-5,10-11,17-18,22H,6-9,12-16H2. The van der Waals surface area contributed by atoms with E-state index in [4.69, 9.17) is 0 Å². The fraction of sp³-hybridized carbons (Fsp3) is 0.550. The Balaban J connectivity index is 1.28. The van der Waals surface area contributed by atoms with E-state index in [2.05, 4.69) is 26.5 Å². The van der Waals surface area contributed by atoms with Crippen molar-refractivity contribution >= 4 is 21.8 Å². The monoisotopic (exact) mass is 420 g/mol. The maximum atomic E-state index is 12.6. The third kappa shape index (κ3) is 4.79. The third-order valence-electron chi connectivity index (χ3n) is 5.83. The van der Waals surface area contributed by atoms with Gasteiger partial charge in [-0.3, -0.25) is 0 Å². The topological polar surface area (TPSA) is 67.2 Å². The van der Waals surface area contributed by atoms with Gasteiger partial charge in [0.2, 0.25) is 10.0 Å². The number of likely N-dealkylation sites (tertiary alicyclic amines) is 1. The van der Waals surface area contributed by atoms with Gasteiger partial charge in [-0.05, 0) is 86.5 Å². The van der Waals surface area contributed by atoms with Gasteiger partial charge in [0.05, 0.1) is 10.6 Å². The Bertz CT molecular complexity index is 839. The van der Waals surface area contributed by atoms with Gasteiger partial charge in [-0.1, -0.05) is 0 Å². The smallest absolute Gasteiger partial charge is 0.240 e. The Hall–Kier alpha value is -1.35. The molecule has 0 spiro atoms. The van der Waals surface area contributed by atoms with Gasteiger partial charge < -0.3 is 4.90 Å². The summed E-state index contributed by atoms with van der Waals surface area (Å²) in [6.07, 6.45) is 8.28. The Morgan fingerprint density at radius 1 is 1.07 bits per heavy atom. The summed E-state index contributed by atoms with van der Waals surface area (Å²) in [5, 5.41) is 4.16. The lowest BCUT2D eigenvalue weighted by Crippen LogP contribution is -2.44. The van der Waals surface area contributed by atoms with E-state index in [0.717, 1.165) is 37.7 Å². The zero-order valence-corrected chi connectivity index (χ0v) is 17.7. The Morgan fingerprint density at radius 2 is 1.79 bits per heavy atom. The van der Waals surface area contributed by atoms with E-state index in [1.165, 1.54) is 24.3 Å². The highest BCUT2D eigenvalue weighted by Gasteiger charge is 2.27. The minimum Gasteiger partial charge on any atom is -0.300 e. The van der Waals surface area contributed by atoms with Crippen LogP contribution in [0.5, 0.6) is 0 Å². The van der Waals surface area contributed by atoms with Crippen molar-refractivity contribution in [1.82, 2.24) is 19.4 Å². The molecule has 1 N–H and O–H groups in total. The predicted molar refractivity (Wildman–Crippen MR) is 113 cm³/mol. The van der Waals surface area contributed by atoms with Crippen LogP contribution in [0, 0.1) is 5.92 Å². The zero-order chi connectivity index (χ0) is 19.4. The molecule has 2 aliphatic rings. The van der Waals surface area contributed by atoms with Gasteiger partial charge in [0.15, 0.2) is 0 Å². The molecule has 0 bridgehead atoms. The number of aromatic nitrogens is 2. The molecular formula is C20H28N4O2S2. The molecule has 2 saturated heterocycles. The van der Waals surface area contributed by atoms with E-state index in [9.17, 15) is 8.42 Å². The summed E-state index contributed by atoms with van der Waals surface area (Å²) < 4.78 is 29.8. The van der Waals surface area contributed by atoms with Crippen LogP contribution < -0.4 is 4.72 Å². The van der Waals surface area contributed by atoms with E-state index < -0.39 is 10.0 Å². The van der Waals surface area contributed by atoms with Gasteiger partial charge in [-0.25, -0.2) is 17.8 Å². The first kappa shape index (κ1) is 19.9. The molecule has 1 aromatic carbocycles. The highest BCUT2D eigenvalue weighted by molar-refractivity contribution is 7.99. The number of hydrogen-bond donors (Lipinski definition) is 1. The lowest BCUT2D eigenvalue weighted by Gasteiger charge is -2.39. The Labute approximate surface area is 171 Å². The first-order valence-electron chi connectivity index (χ1n) is 10.0. The summed E-state index contributed by atoms with van der Waals surface area (Å²) in [6, 6.07) is 9.43. The third-order valence-corrected chi connectivity index (χ3v) is 8.32. The normalized spacial score (nSPS) is 20.4. The quantitative estimate of drug-likeness (QED) is 0.778. The van der Waals surface area contributed by atoms with E-state index in [0.29, 0.717) is 17.4 Å². The SMILES string of the molecule is O=S(=O)(NCC1CCN(C2CCSCC2)CC1)c1ccc(-n2cccn2)cc1. The van der Waals surface area contributed by atoms with E-state index >= 15 is 0 Å². The van der Waals surface area contributed by atoms with Gasteiger partial charge in [0.1, 0.15) is 0 Å². The number of nitrogens with one attached hydrogen (secondary N) is 1. The van der Waals surface area contributed by atoms with Crippen LogP contribution in [0.2, 0.25) is 0 Å². The first-order chi connectivity index (χ1) is 13.6. The molecule has 8 heteroatoms. The Morgan fingerprint density at radius 3 is 2.43 bits per heavy atom. The molecule has 4 rings (SSSR count). The molecule has 2 aromatic rings. The fourth-order valence-electron chi connectivity index (χ4n) is 4.08. The summed E-state index contributed by atoms with van der Waals surface area (Å²) in [5.74, 6) is 2.99. The maximum Gasteiger partial charge on any atom is 0.240 e. The Kier molecular flexibility index (Phi) is 6.40. The predicted octanol–water partition coefficient (Wildman–Crippen LogP) is 2.76. The number of thioether (sulfide) groups is 1. The molecular weight excluding hydrogens is 392 g/mol. The largest absolute Gasteiger partial charge is 0.300 e. The minimum absolute atomic E-state index is 0.306. The number of piperidine rings is 1. The van der Waals surface area contributed by atoms with Crippen molar-refractivity contribution < 1.29 is 8.42 Å². The molecule has 0 saturated carbocycles. The molecule has 2 aliphatic heterocycles. The van der Waals surface area contributed by atoms with E-state index in [-0.39, 0.29) is 0 Å². The second-order valence-electron chi connectivity index (χ2n) is 7.62. The molecule has 28 heavy (non-hydrogen) atoms. The average molecular weight is 421 g/mol. The molecule has 6 nitrogen and oxygen atoms in total. The highest BCUT2D eigenvalue weighted by atomic mass is 32.2. The number of rotatable bonds is 6. The summed E-state index contributed by atoms with van der Waals surface area (Å²) >= 11 is 2.06. The second-order valence-corrected chi connectivity index (χ2v) is 10.6. The van der Waals surface area contributed by atoms with Crippen molar-refractivity contribution in [2.45, 2.75) is 36.6 Å². The molecule has 3 heterocycles. The van der Waals surface area contributed by atoms with Crippen molar-refractivity contribution in [3.05, 3.63) is 42.7 Å². The number of sulfonamides is 1. The summed E-state index contributed by atoms with van der Waals surface area (Å²) in [6.45, 7) is 2.72. The molecule has 152 valence electrons. The molecule has 0 unspecified atom stereocenters. The van der Waals surface area contributed by atoms with Crippen molar-refractivity contribution in [2.75, 3.05) is 31.1 Å². The lowest BCUT2D eigenvalue weighted by atomic mass is 9.95. The molecule has 2 fully saturated rings. The van der Waals surface area contributed by atoms with Crippen LogP contribution >= 0.6 is 11.8 Å². The van der Waals surface area contributed by atoms with Crippen LogP contribution in [0.3, 0.4) is 0 Å². The van der Waals surface area contributed by atoms with Crippen molar-refractivity contribution in [1.29, 1.82) is 0 Å². The average Bonchev–Trinajstić information content (AvgIpc) is 3.28. The number of hydrogen-bond acceptors (Lipinski definition) is 5. The van der Waals surface area contributed by atoms with Gasteiger partial charge in [-0.2, -0.15) is 16.9 Å². The minimum atomic E-state index is -3.48. The van der Waals surface area contributed by atoms with Gasteiger partial charge in [0.25, 0.3) is 0 Å². The van der Waals surface area contributed by atoms with Crippen LogP contribution in [-0.4, -0.2) is 60.3 Å².